The van der Waals surface area contributed by atoms with E-state index < -0.39 is 0 Å². The molecule has 0 amide bonds. The Kier molecular flexibility index (Phi) is 4.73. The number of nitrogen functional groups attached to an aromatic ring is 1. The summed E-state index contributed by atoms with van der Waals surface area (Å²) in [5.74, 6) is 0.833. The number of hydrogen-bond donors (Lipinski definition) is 1. The van der Waals surface area contributed by atoms with Gasteiger partial charge in [0.2, 0.25) is 0 Å². The van der Waals surface area contributed by atoms with Gasteiger partial charge < -0.3 is 10.5 Å². The summed E-state index contributed by atoms with van der Waals surface area (Å²) < 4.78 is 5.40. The lowest BCUT2D eigenvalue weighted by Crippen LogP contribution is -2.30. The van der Waals surface area contributed by atoms with Crippen LogP contribution in [0.4, 0.5) is 17.2 Å². The highest BCUT2D eigenvalue weighted by Gasteiger charge is 2.28. The van der Waals surface area contributed by atoms with Gasteiger partial charge in [0.05, 0.1) is 17.1 Å². The zero-order chi connectivity index (χ0) is 17.9. The van der Waals surface area contributed by atoms with Gasteiger partial charge in [-0.3, -0.25) is 9.89 Å². The van der Waals surface area contributed by atoms with E-state index in [1.54, 1.807) is 31.3 Å². The molecule has 1 aromatic heterocycles. The highest BCUT2D eigenvalue weighted by molar-refractivity contribution is 8.03. The highest BCUT2D eigenvalue weighted by atomic mass is 32.2. The van der Waals surface area contributed by atoms with Crippen molar-refractivity contribution in [3.8, 4) is 0 Å². The molecule has 1 aliphatic heterocycles. The van der Waals surface area contributed by atoms with E-state index in [4.69, 9.17) is 10.5 Å². The number of nitrogens with two attached hydrogens (primary N) is 1. The van der Waals surface area contributed by atoms with Crippen molar-refractivity contribution in [1.82, 2.24) is 9.97 Å². The van der Waals surface area contributed by atoms with Gasteiger partial charge >= 0.3 is 0 Å². The van der Waals surface area contributed by atoms with E-state index in [2.05, 4.69) is 25.9 Å². The largest absolute Gasteiger partial charge is 0.397 e. The third-order valence-corrected chi connectivity index (χ3v) is 5.37. The normalized spacial score (nSPS) is 16.5. The molecule has 1 aliphatic carbocycles. The monoisotopic (exact) mass is 365 g/mol. The summed E-state index contributed by atoms with van der Waals surface area (Å²) >= 11 is 1.69. The van der Waals surface area contributed by atoms with E-state index in [0.717, 1.165) is 40.6 Å². The number of nitrogens with zero attached hydrogens (tertiary/aromatic N) is 4. The number of para-hydroxylation sites is 2. The number of thioether (sulfide) groups is 1. The van der Waals surface area contributed by atoms with E-state index >= 15 is 0 Å². The number of anilines is 2. The second-order valence-corrected chi connectivity index (χ2v) is 7.06. The summed E-state index contributed by atoms with van der Waals surface area (Å²) in [5, 5.41) is 0.922. The minimum atomic E-state index is 0.428. The fourth-order valence-electron chi connectivity index (χ4n) is 2.97. The van der Waals surface area contributed by atoms with Crippen LogP contribution >= 0.6 is 11.8 Å². The molecule has 0 fully saturated rings. The van der Waals surface area contributed by atoms with Crippen LogP contribution in [-0.4, -0.2) is 30.0 Å². The summed E-state index contributed by atoms with van der Waals surface area (Å²) in [4.78, 5) is 16.9. The molecule has 2 aromatic rings. The molecular formula is C19H19N5OS. The Morgan fingerprint density at radius 2 is 2.12 bits per heavy atom. The first kappa shape index (κ1) is 16.8. The van der Waals surface area contributed by atoms with Crippen LogP contribution in [0, 0.1) is 0 Å². The van der Waals surface area contributed by atoms with Crippen molar-refractivity contribution in [2.45, 2.75) is 17.9 Å². The van der Waals surface area contributed by atoms with Gasteiger partial charge in [0.15, 0.2) is 5.82 Å². The van der Waals surface area contributed by atoms with Gasteiger partial charge in [0.25, 0.3) is 0 Å². The van der Waals surface area contributed by atoms with Crippen molar-refractivity contribution in [2.24, 2.45) is 4.99 Å². The van der Waals surface area contributed by atoms with E-state index in [1.165, 1.54) is 4.91 Å². The molecule has 2 aliphatic rings. The SMILES string of the molecule is COCN1C2=C(CCC(C=Nc3ccccc3N)=C2)Sc2nccnc21. The molecule has 0 spiro atoms. The number of methoxy groups -OCH3 is 1. The summed E-state index contributed by atoms with van der Waals surface area (Å²) in [5.41, 5.74) is 9.70. The zero-order valence-electron chi connectivity index (χ0n) is 14.4. The van der Waals surface area contributed by atoms with Gasteiger partial charge in [-0.15, -0.1) is 0 Å². The molecule has 0 saturated carbocycles. The maximum atomic E-state index is 5.97. The molecule has 0 radical (unpaired) electrons. The van der Waals surface area contributed by atoms with Crippen LogP contribution in [0.15, 0.2) is 68.9 Å². The molecule has 0 atom stereocenters. The molecule has 26 heavy (non-hydrogen) atoms. The topological polar surface area (TPSA) is 76.6 Å². The Morgan fingerprint density at radius 3 is 2.96 bits per heavy atom. The lowest BCUT2D eigenvalue weighted by atomic mass is 10.0. The number of aliphatic imine (C=N–C) groups is 1. The van der Waals surface area contributed by atoms with Gasteiger partial charge in [-0.25, -0.2) is 9.97 Å². The van der Waals surface area contributed by atoms with Crippen LogP contribution in [-0.2, 0) is 4.74 Å². The third-order valence-electron chi connectivity index (χ3n) is 4.23. The zero-order valence-corrected chi connectivity index (χ0v) is 15.2. The fraction of sp³-hybridized carbons (Fsp3) is 0.211. The minimum Gasteiger partial charge on any atom is -0.397 e. The van der Waals surface area contributed by atoms with Gasteiger partial charge in [0.1, 0.15) is 11.8 Å². The maximum absolute atomic E-state index is 5.97. The maximum Gasteiger partial charge on any atom is 0.168 e. The highest BCUT2D eigenvalue weighted by Crippen LogP contribution is 2.45. The molecule has 2 N–H and O–H groups in total. The smallest absolute Gasteiger partial charge is 0.168 e. The molecule has 0 unspecified atom stereocenters. The second-order valence-electron chi connectivity index (χ2n) is 5.98. The molecule has 2 heterocycles. The van der Waals surface area contributed by atoms with Gasteiger partial charge in [-0.1, -0.05) is 23.9 Å². The number of benzene rings is 1. The van der Waals surface area contributed by atoms with Crippen LogP contribution in [0.25, 0.3) is 0 Å². The predicted octanol–water partition coefficient (Wildman–Crippen LogP) is 3.91. The first-order chi connectivity index (χ1) is 12.8. The standard InChI is InChI=1S/C19H19N5OS/c1-25-12-24-16-10-13(11-23-15-5-3-2-4-14(15)20)6-7-17(16)26-19-18(24)21-8-9-22-19/h2-5,8-11H,6-7,12,20H2,1H3. The number of fused-ring (bicyclic) bond motifs is 1. The first-order valence-electron chi connectivity index (χ1n) is 8.34. The molecular weight excluding hydrogens is 346 g/mol. The average molecular weight is 365 g/mol. The number of hydrogen-bond acceptors (Lipinski definition) is 7. The lowest BCUT2D eigenvalue weighted by Gasteiger charge is -2.33. The summed E-state index contributed by atoms with van der Waals surface area (Å²) in [6.07, 6.45) is 9.36. The molecule has 0 bridgehead atoms. The fourth-order valence-corrected chi connectivity index (χ4v) is 4.05. The van der Waals surface area contributed by atoms with Crippen molar-refractivity contribution in [2.75, 3.05) is 24.5 Å². The van der Waals surface area contributed by atoms with E-state index in [0.29, 0.717) is 12.4 Å². The number of ether oxygens (including phenoxy) is 1. The van der Waals surface area contributed by atoms with Crippen molar-refractivity contribution < 1.29 is 4.74 Å². The predicted molar refractivity (Wildman–Crippen MR) is 106 cm³/mol. The molecule has 7 heteroatoms. The molecule has 1 aromatic carbocycles. The molecule has 6 nitrogen and oxygen atoms in total. The van der Waals surface area contributed by atoms with E-state index in [-0.39, 0.29) is 0 Å². The third kappa shape index (κ3) is 3.23. The average Bonchev–Trinajstić information content (AvgIpc) is 2.67. The Bertz CT molecular complexity index is 922. The van der Waals surface area contributed by atoms with Crippen molar-refractivity contribution in [3.63, 3.8) is 0 Å². The van der Waals surface area contributed by atoms with Crippen LogP contribution in [0.2, 0.25) is 0 Å². The van der Waals surface area contributed by atoms with E-state index in [1.807, 2.05) is 30.5 Å². The summed E-state index contributed by atoms with van der Waals surface area (Å²) in [6, 6.07) is 7.62. The minimum absolute atomic E-state index is 0.428. The Morgan fingerprint density at radius 1 is 1.27 bits per heavy atom. The van der Waals surface area contributed by atoms with Gasteiger partial charge in [-0.2, -0.15) is 0 Å². The quantitative estimate of drug-likeness (QED) is 0.654. The van der Waals surface area contributed by atoms with Crippen molar-refractivity contribution in [1.29, 1.82) is 0 Å². The summed E-state index contributed by atoms with van der Waals surface area (Å²) in [6.45, 7) is 0.428. The van der Waals surface area contributed by atoms with Gasteiger partial charge in [-0.05, 0) is 36.6 Å². The Labute approximate surface area is 156 Å². The van der Waals surface area contributed by atoms with Crippen LogP contribution in [0.3, 0.4) is 0 Å². The molecule has 0 saturated heterocycles. The van der Waals surface area contributed by atoms with E-state index in [9.17, 15) is 0 Å². The number of aromatic nitrogens is 2. The Balaban J connectivity index is 1.66. The number of rotatable bonds is 4. The molecule has 132 valence electrons. The van der Waals surface area contributed by atoms with Crippen LogP contribution in [0.1, 0.15) is 12.8 Å². The lowest BCUT2D eigenvalue weighted by molar-refractivity contribution is 0.202. The summed E-state index contributed by atoms with van der Waals surface area (Å²) in [7, 11) is 1.69. The number of allylic oxidation sites excluding steroid dienone is 3. The Hall–Kier alpha value is -2.64. The van der Waals surface area contributed by atoms with Crippen molar-refractivity contribution >= 4 is 35.2 Å². The second kappa shape index (κ2) is 7.31. The van der Waals surface area contributed by atoms with Crippen LogP contribution < -0.4 is 10.6 Å². The van der Waals surface area contributed by atoms with Gasteiger partial charge in [0, 0.05) is 30.6 Å². The van der Waals surface area contributed by atoms with Crippen LogP contribution in [0.5, 0.6) is 0 Å². The molecule has 4 rings (SSSR count). The van der Waals surface area contributed by atoms with Crippen molar-refractivity contribution in [3.05, 3.63) is 58.9 Å². The first-order valence-corrected chi connectivity index (χ1v) is 9.15.